The van der Waals surface area contributed by atoms with E-state index in [1.54, 1.807) is 37.0 Å². The summed E-state index contributed by atoms with van der Waals surface area (Å²) in [7, 11) is -1.45. The summed E-state index contributed by atoms with van der Waals surface area (Å²) in [4.78, 5) is 16.8. The molecule has 35 heavy (non-hydrogen) atoms. The van der Waals surface area contributed by atoms with E-state index in [9.17, 15) is 13.2 Å². The molecule has 0 saturated carbocycles. The Morgan fingerprint density at radius 2 is 1.77 bits per heavy atom. The lowest BCUT2D eigenvalue weighted by molar-refractivity contribution is 0.564. The summed E-state index contributed by atoms with van der Waals surface area (Å²) < 4.78 is 26.2. The van der Waals surface area contributed by atoms with Crippen LogP contribution < -0.4 is 10.7 Å². The Labute approximate surface area is 213 Å². The van der Waals surface area contributed by atoms with E-state index in [0.717, 1.165) is 39.8 Å². The number of nitrogens with two attached hydrogens (primary N) is 1. The number of aryl methyl sites for hydroxylation is 1. The summed E-state index contributed by atoms with van der Waals surface area (Å²) in [6.07, 6.45) is 6.87. The van der Waals surface area contributed by atoms with Gasteiger partial charge >= 0.3 is 0 Å². The molecule has 0 fully saturated rings. The Hall–Kier alpha value is -2.42. The maximum Gasteiger partial charge on any atom is 0.250 e. The third kappa shape index (κ3) is 7.06. The topological polar surface area (TPSA) is 95.0 Å². The average molecular weight is 514 g/mol. The first-order valence-electron chi connectivity index (χ1n) is 11.7. The highest BCUT2D eigenvalue weighted by molar-refractivity contribution is 7.98. The van der Waals surface area contributed by atoms with E-state index < -0.39 is 9.84 Å². The van der Waals surface area contributed by atoms with Crippen molar-refractivity contribution in [1.29, 1.82) is 0 Å². The second-order valence-corrected chi connectivity index (χ2v) is 13.5. The molecule has 3 rings (SSSR count). The van der Waals surface area contributed by atoms with Crippen molar-refractivity contribution in [1.82, 2.24) is 9.55 Å². The van der Waals surface area contributed by atoms with E-state index in [2.05, 4.69) is 25.8 Å². The number of hydrogen-bond donors (Lipinski definition) is 1. The number of hydrogen-bond acceptors (Lipinski definition) is 6. The number of aromatic nitrogens is 2. The molecule has 0 unspecified atom stereocenters. The lowest BCUT2D eigenvalue weighted by Gasteiger charge is -2.27. The zero-order valence-corrected chi connectivity index (χ0v) is 22.7. The van der Waals surface area contributed by atoms with Crippen molar-refractivity contribution in [3.8, 4) is 11.1 Å². The minimum absolute atomic E-state index is 0.0144. The fourth-order valence-electron chi connectivity index (χ4n) is 4.37. The van der Waals surface area contributed by atoms with Crippen LogP contribution in [0.3, 0.4) is 0 Å². The number of pyridine rings is 2. The van der Waals surface area contributed by atoms with Crippen LogP contribution in [0.5, 0.6) is 0 Å². The smallest absolute Gasteiger partial charge is 0.250 e. The van der Waals surface area contributed by atoms with Gasteiger partial charge < -0.3 is 4.57 Å². The monoisotopic (exact) mass is 513 g/mol. The average Bonchev–Trinajstić information content (AvgIpc) is 2.81. The van der Waals surface area contributed by atoms with Crippen molar-refractivity contribution >= 4 is 21.8 Å². The first kappa shape index (κ1) is 27.2. The van der Waals surface area contributed by atoms with Gasteiger partial charge in [-0.15, -0.1) is 0 Å². The predicted molar refractivity (Wildman–Crippen MR) is 146 cm³/mol. The standard InChI is InChI=1S/C27H35N3O3S2/c1-6-35(32,33)18-21-7-8-22(13-20-9-11-29-12-10-20)24(14-21)25-17-30(5)26(31)15-23(25)19(2)16-27(3,4)34-28/h7-12,14-15,17,19H,6,13,16,18,28H2,1-5H3/t19-/m0/s1. The number of sulfone groups is 1. The summed E-state index contributed by atoms with van der Waals surface area (Å²) in [6.45, 7) is 7.97. The summed E-state index contributed by atoms with van der Waals surface area (Å²) in [5.41, 5.74) is 5.67. The zero-order chi connectivity index (χ0) is 25.8. The molecular formula is C27H35N3O3S2. The van der Waals surface area contributed by atoms with E-state index in [-0.39, 0.29) is 27.7 Å². The quantitative estimate of drug-likeness (QED) is 0.389. The molecule has 0 spiro atoms. The molecule has 0 aliphatic carbocycles. The molecule has 0 aliphatic heterocycles. The molecule has 1 aromatic carbocycles. The second kappa shape index (κ2) is 11.1. The van der Waals surface area contributed by atoms with Gasteiger partial charge in [-0.1, -0.05) is 37.9 Å². The van der Waals surface area contributed by atoms with Crippen LogP contribution in [0.1, 0.15) is 62.3 Å². The highest BCUT2D eigenvalue weighted by Crippen LogP contribution is 2.38. The molecule has 3 aromatic rings. The van der Waals surface area contributed by atoms with Crippen LogP contribution >= 0.6 is 11.9 Å². The van der Waals surface area contributed by atoms with Gasteiger partial charge in [-0.05, 0) is 78.6 Å². The van der Waals surface area contributed by atoms with Gasteiger partial charge in [-0.2, -0.15) is 0 Å². The van der Waals surface area contributed by atoms with Gasteiger partial charge in [0.1, 0.15) is 0 Å². The normalized spacial score (nSPS) is 13.1. The summed E-state index contributed by atoms with van der Waals surface area (Å²) in [6, 6.07) is 11.5. The number of nitrogens with zero attached hydrogens (tertiary/aromatic N) is 2. The summed E-state index contributed by atoms with van der Waals surface area (Å²) in [5, 5.41) is 5.93. The van der Waals surface area contributed by atoms with Gasteiger partial charge in [0.25, 0.3) is 5.56 Å². The molecule has 2 heterocycles. The Morgan fingerprint density at radius 3 is 2.40 bits per heavy atom. The molecular weight excluding hydrogens is 478 g/mol. The Morgan fingerprint density at radius 1 is 1.09 bits per heavy atom. The fraction of sp³-hybridized carbons (Fsp3) is 0.407. The highest BCUT2D eigenvalue weighted by Gasteiger charge is 2.25. The van der Waals surface area contributed by atoms with Crippen molar-refractivity contribution in [2.45, 2.75) is 57.0 Å². The third-order valence-corrected chi connectivity index (χ3v) is 8.80. The lowest BCUT2D eigenvalue weighted by atomic mass is 9.85. The minimum atomic E-state index is -3.19. The van der Waals surface area contributed by atoms with Crippen molar-refractivity contribution in [2.75, 3.05) is 5.75 Å². The van der Waals surface area contributed by atoms with E-state index >= 15 is 0 Å². The SMILES string of the molecule is CCS(=O)(=O)Cc1ccc(Cc2ccncc2)c(-c2cn(C)c(=O)cc2[C@@H](C)CC(C)(C)SN)c1. The molecule has 0 aliphatic rings. The Balaban J connectivity index is 2.21. The van der Waals surface area contributed by atoms with Gasteiger partial charge in [0.2, 0.25) is 0 Å². The van der Waals surface area contributed by atoms with Gasteiger partial charge in [-0.3, -0.25) is 14.9 Å². The molecule has 188 valence electrons. The van der Waals surface area contributed by atoms with Crippen LogP contribution in [0.15, 0.2) is 59.8 Å². The van der Waals surface area contributed by atoms with Gasteiger partial charge in [-0.25, -0.2) is 8.42 Å². The zero-order valence-electron chi connectivity index (χ0n) is 21.1. The molecule has 0 bridgehead atoms. The first-order chi connectivity index (χ1) is 16.4. The predicted octanol–water partition coefficient (Wildman–Crippen LogP) is 4.85. The van der Waals surface area contributed by atoms with Crippen LogP contribution in [0, 0.1) is 0 Å². The fourth-order valence-corrected chi connectivity index (χ4v) is 5.61. The molecule has 1 atom stereocenters. The summed E-state index contributed by atoms with van der Waals surface area (Å²) in [5.74, 6) is 0.149. The van der Waals surface area contributed by atoms with E-state index in [1.165, 1.54) is 11.9 Å². The Bertz CT molecular complexity index is 1330. The van der Waals surface area contributed by atoms with Crippen LogP contribution in [0.4, 0.5) is 0 Å². The van der Waals surface area contributed by atoms with Crippen molar-refractivity contribution in [3.63, 3.8) is 0 Å². The maximum atomic E-state index is 12.7. The first-order valence-corrected chi connectivity index (χ1v) is 14.4. The van der Waals surface area contributed by atoms with Crippen LogP contribution in [0.2, 0.25) is 0 Å². The molecule has 2 N–H and O–H groups in total. The molecule has 0 radical (unpaired) electrons. The van der Waals surface area contributed by atoms with E-state index in [4.69, 9.17) is 5.14 Å². The van der Waals surface area contributed by atoms with Crippen molar-refractivity contribution in [2.24, 2.45) is 12.2 Å². The van der Waals surface area contributed by atoms with Crippen LogP contribution in [-0.2, 0) is 29.1 Å². The van der Waals surface area contributed by atoms with Crippen molar-refractivity contribution < 1.29 is 8.42 Å². The third-order valence-electron chi connectivity index (χ3n) is 6.34. The van der Waals surface area contributed by atoms with Crippen LogP contribution in [-0.4, -0.2) is 28.5 Å². The number of rotatable bonds is 10. The van der Waals surface area contributed by atoms with Gasteiger partial charge in [0, 0.05) is 47.8 Å². The van der Waals surface area contributed by atoms with E-state index in [1.807, 2.05) is 36.5 Å². The molecule has 0 amide bonds. The van der Waals surface area contributed by atoms with Crippen LogP contribution in [0.25, 0.3) is 11.1 Å². The number of benzene rings is 1. The minimum Gasteiger partial charge on any atom is -0.318 e. The Kier molecular flexibility index (Phi) is 8.62. The molecule has 6 nitrogen and oxygen atoms in total. The largest absolute Gasteiger partial charge is 0.318 e. The summed E-state index contributed by atoms with van der Waals surface area (Å²) >= 11 is 1.32. The van der Waals surface area contributed by atoms with Crippen molar-refractivity contribution in [3.05, 3.63) is 87.6 Å². The molecule has 0 saturated heterocycles. The molecule has 8 heteroatoms. The lowest BCUT2D eigenvalue weighted by Crippen LogP contribution is -2.23. The molecule has 2 aromatic heterocycles. The maximum absolute atomic E-state index is 12.7. The second-order valence-electron chi connectivity index (χ2n) is 9.77. The van der Waals surface area contributed by atoms with Gasteiger partial charge in [0.15, 0.2) is 9.84 Å². The van der Waals surface area contributed by atoms with Gasteiger partial charge in [0.05, 0.1) is 5.75 Å². The van der Waals surface area contributed by atoms with E-state index in [0.29, 0.717) is 6.42 Å². The highest BCUT2D eigenvalue weighted by atomic mass is 32.2.